The van der Waals surface area contributed by atoms with E-state index >= 15 is 0 Å². The molecule has 0 aliphatic heterocycles. The van der Waals surface area contributed by atoms with Crippen molar-refractivity contribution in [2.45, 2.75) is 5.16 Å². The van der Waals surface area contributed by atoms with Crippen LogP contribution in [0.25, 0.3) is 17.1 Å². The Bertz CT molecular complexity index is 1660. The van der Waals surface area contributed by atoms with Crippen LogP contribution in [0, 0.1) is 10.1 Å². The SMILES string of the molecule is O=C(CSc1nnc(-c2cccc([N+](=O)[O-])c2)n1-c1ccccc1)N/N=C\c1cccc(Oc2ccccc2)c1. The summed E-state index contributed by atoms with van der Waals surface area (Å²) in [4.78, 5) is 23.4. The Morgan fingerprint density at radius 3 is 2.42 bits per heavy atom. The van der Waals surface area contributed by atoms with Gasteiger partial charge in [-0.05, 0) is 42.0 Å². The van der Waals surface area contributed by atoms with Crippen LogP contribution < -0.4 is 10.2 Å². The molecule has 5 aromatic rings. The monoisotopic (exact) mass is 550 g/mol. The molecule has 10 nitrogen and oxygen atoms in total. The third-order valence-corrected chi connectivity index (χ3v) is 6.46. The van der Waals surface area contributed by atoms with Gasteiger partial charge in [0.1, 0.15) is 11.5 Å². The Hall–Kier alpha value is -5.29. The minimum atomic E-state index is -0.459. The molecule has 0 unspecified atom stereocenters. The van der Waals surface area contributed by atoms with E-state index in [-0.39, 0.29) is 17.3 Å². The zero-order valence-electron chi connectivity index (χ0n) is 21.0. The van der Waals surface area contributed by atoms with E-state index in [0.717, 1.165) is 17.0 Å². The fourth-order valence-electron chi connectivity index (χ4n) is 3.74. The molecule has 0 bridgehead atoms. The van der Waals surface area contributed by atoms with E-state index in [9.17, 15) is 14.9 Å². The number of non-ortho nitro benzene ring substituents is 1. The highest BCUT2D eigenvalue weighted by molar-refractivity contribution is 7.99. The van der Waals surface area contributed by atoms with Gasteiger partial charge in [-0.1, -0.05) is 72.4 Å². The first kappa shape index (κ1) is 26.3. The van der Waals surface area contributed by atoms with Crippen molar-refractivity contribution in [1.29, 1.82) is 0 Å². The molecule has 0 radical (unpaired) electrons. The average molecular weight is 551 g/mol. The Balaban J connectivity index is 1.26. The van der Waals surface area contributed by atoms with Crippen molar-refractivity contribution in [1.82, 2.24) is 20.2 Å². The number of carbonyl (C=O) groups excluding carboxylic acids is 1. The number of nitro groups is 1. The second-order valence-corrected chi connectivity index (χ2v) is 9.30. The molecule has 0 saturated carbocycles. The molecular formula is C29H22N6O4S. The Kier molecular flexibility index (Phi) is 8.23. The lowest BCUT2D eigenvalue weighted by Crippen LogP contribution is -2.20. The van der Waals surface area contributed by atoms with Gasteiger partial charge in [0.05, 0.1) is 16.9 Å². The number of aromatic nitrogens is 3. The molecule has 11 heteroatoms. The molecule has 4 aromatic carbocycles. The van der Waals surface area contributed by atoms with Gasteiger partial charge in [0.25, 0.3) is 11.6 Å². The molecule has 1 N–H and O–H groups in total. The predicted octanol–water partition coefficient (Wildman–Crippen LogP) is 5.88. The summed E-state index contributed by atoms with van der Waals surface area (Å²) in [5, 5.41) is 24.3. The fraction of sp³-hybridized carbons (Fsp3) is 0.0345. The van der Waals surface area contributed by atoms with E-state index in [2.05, 4.69) is 20.7 Å². The van der Waals surface area contributed by atoms with Crippen molar-refractivity contribution in [2.75, 3.05) is 5.75 Å². The number of hydrazone groups is 1. The third kappa shape index (κ3) is 6.58. The Morgan fingerprint density at radius 2 is 1.65 bits per heavy atom. The van der Waals surface area contributed by atoms with E-state index < -0.39 is 4.92 Å². The number of rotatable bonds is 10. The van der Waals surface area contributed by atoms with E-state index in [1.54, 1.807) is 16.7 Å². The summed E-state index contributed by atoms with van der Waals surface area (Å²) in [7, 11) is 0. The Morgan fingerprint density at radius 1 is 0.925 bits per heavy atom. The van der Waals surface area contributed by atoms with Crippen molar-refractivity contribution in [3.8, 4) is 28.6 Å². The van der Waals surface area contributed by atoms with Crippen LogP contribution in [-0.4, -0.2) is 37.6 Å². The molecule has 1 aromatic heterocycles. The Labute approximate surface area is 233 Å². The van der Waals surface area contributed by atoms with Crippen molar-refractivity contribution in [3.63, 3.8) is 0 Å². The third-order valence-electron chi connectivity index (χ3n) is 5.54. The zero-order valence-corrected chi connectivity index (χ0v) is 21.8. The van der Waals surface area contributed by atoms with Crippen LogP contribution in [0.4, 0.5) is 5.69 Å². The molecule has 0 spiro atoms. The van der Waals surface area contributed by atoms with Crippen LogP contribution >= 0.6 is 11.8 Å². The van der Waals surface area contributed by atoms with Crippen molar-refractivity contribution < 1.29 is 14.5 Å². The molecule has 198 valence electrons. The first-order chi connectivity index (χ1) is 19.6. The van der Waals surface area contributed by atoms with Crippen molar-refractivity contribution in [3.05, 3.63) is 125 Å². The summed E-state index contributed by atoms with van der Waals surface area (Å²) in [5.74, 6) is 1.48. The van der Waals surface area contributed by atoms with Crippen LogP contribution in [0.15, 0.2) is 119 Å². The molecule has 0 saturated heterocycles. The summed E-state index contributed by atoms with van der Waals surface area (Å²) in [6.45, 7) is 0. The summed E-state index contributed by atoms with van der Waals surface area (Å²) in [6, 6.07) is 32.3. The van der Waals surface area contributed by atoms with Gasteiger partial charge in [-0.3, -0.25) is 19.5 Å². The number of thioether (sulfide) groups is 1. The van der Waals surface area contributed by atoms with Gasteiger partial charge in [-0.15, -0.1) is 10.2 Å². The molecule has 0 aliphatic rings. The summed E-state index contributed by atoms with van der Waals surface area (Å²) >= 11 is 1.18. The molecule has 40 heavy (non-hydrogen) atoms. The number of amides is 1. The summed E-state index contributed by atoms with van der Waals surface area (Å²) in [6.07, 6.45) is 1.54. The van der Waals surface area contributed by atoms with Gasteiger partial charge in [0, 0.05) is 23.4 Å². The number of ether oxygens (including phenoxy) is 1. The van der Waals surface area contributed by atoms with Crippen LogP contribution in [0.2, 0.25) is 0 Å². The van der Waals surface area contributed by atoms with Gasteiger partial charge in [-0.2, -0.15) is 5.10 Å². The van der Waals surface area contributed by atoms with E-state index in [0.29, 0.717) is 22.3 Å². The predicted molar refractivity (Wildman–Crippen MR) is 153 cm³/mol. The first-order valence-corrected chi connectivity index (χ1v) is 13.1. The number of nitrogens with one attached hydrogen (secondary N) is 1. The highest BCUT2D eigenvalue weighted by atomic mass is 32.2. The standard InChI is InChI=1S/C29H22N6O4S/c36-27(31-30-19-21-9-7-16-26(17-21)39-25-14-5-2-6-15-25)20-40-29-33-32-28(34(29)23-11-3-1-4-12-23)22-10-8-13-24(18-22)35(37)38/h1-19H,20H2,(H,31,36)/b30-19-. The smallest absolute Gasteiger partial charge is 0.270 e. The maximum absolute atomic E-state index is 12.6. The lowest BCUT2D eigenvalue weighted by atomic mass is 10.2. The quantitative estimate of drug-likeness (QED) is 0.0997. The molecule has 0 aliphatic carbocycles. The number of hydrogen-bond acceptors (Lipinski definition) is 8. The molecule has 1 amide bonds. The van der Waals surface area contributed by atoms with Gasteiger partial charge >= 0.3 is 0 Å². The van der Waals surface area contributed by atoms with Crippen LogP contribution in [-0.2, 0) is 4.79 Å². The van der Waals surface area contributed by atoms with E-state index in [1.807, 2.05) is 84.9 Å². The molecule has 1 heterocycles. The highest BCUT2D eigenvalue weighted by Gasteiger charge is 2.19. The van der Waals surface area contributed by atoms with Crippen molar-refractivity contribution >= 4 is 29.6 Å². The second kappa shape index (κ2) is 12.5. The fourth-order valence-corrected chi connectivity index (χ4v) is 4.49. The summed E-state index contributed by atoms with van der Waals surface area (Å²) in [5.41, 5.74) is 4.52. The van der Waals surface area contributed by atoms with Gasteiger partial charge < -0.3 is 4.74 Å². The topological polar surface area (TPSA) is 125 Å². The summed E-state index contributed by atoms with van der Waals surface area (Å²) < 4.78 is 7.60. The minimum Gasteiger partial charge on any atom is -0.457 e. The molecule has 0 fully saturated rings. The lowest BCUT2D eigenvalue weighted by molar-refractivity contribution is -0.384. The van der Waals surface area contributed by atoms with E-state index in [4.69, 9.17) is 4.74 Å². The van der Waals surface area contributed by atoms with Crippen LogP contribution in [0.3, 0.4) is 0 Å². The number of nitro benzene ring substituents is 1. The maximum Gasteiger partial charge on any atom is 0.270 e. The average Bonchev–Trinajstić information content (AvgIpc) is 3.41. The molecule has 0 atom stereocenters. The number of para-hydroxylation sites is 2. The second-order valence-electron chi connectivity index (χ2n) is 8.35. The van der Waals surface area contributed by atoms with Gasteiger partial charge in [0.2, 0.25) is 0 Å². The van der Waals surface area contributed by atoms with E-state index in [1.165, 1.54) is 30.1 Å². The lowest BCUT2D eigenvalue weighted by Gasteiger charge is -2.10. The highest BCUT2D eigenvalue weighted by Crippen LogP contribution is 2.29. The van der Waals surface area contributed by atoms with Gasteiger partial charge in [0.15, 0.2) is 11.0 Å². The molecule has 5 rings (SSSR count). The number of carbonyl (C=O) groups is 1. The number of benzene rings is 4. The largest absolute Gasteiger partial charge is 0.457 e. The van der Waals surface area contributed by atoms with Crippen LogP contribution in [0.5, 0.6) is 11.5 Å². The number of nitrogens with zero attached hydrogens (tertiary/aromatic N) is 5. The maximum atomic E-state index is 12.6. The minimum absolute atomic E-state index is 0.0222. The van der Waals surface area contributed by atoms with Gasteiger partial charge in [-0.25, -0.2) is 5.43 Å². The molecular weight excluding hydrogens is 528 g/mol. The normalized spacial score (nSPS) is 10.9. The van der Waals surface area contributed by atoms with Crippen LogP contribution in [0.1, 0.15) is 5.56 Å². The zero-order chi connectivity index (χ0) is 27.7. The first-order valence-electron chi connectivity index (χ1n) is 12.1. The number of hydrogen-bond donors (Lipinski definition) is 1. The van der Waals surface area contributed by atoms with Crippen molar-refractivity contribution in [2.24, 2.45) is 5.10 Å².